The van der Waals surface area contributed by atoms with Gasteiger partial charge in [0.15, 0.2) is 0 Å². The maximum absolute atomic E-state index is 11.7. The van der Waals surface area contributed by atoms with Gasteiger partial charge >= 0.3 is 0 Å². The zero-order valence-corrected chi connectivity index (χ0v) is 11.7. The van der Waals surface area contributed by atoms with Crippen molar-refractivity contribution in [2.45, 2.75) is 18.9 Å². The summed E-state index contributed by atoms with van der Waals surface area (Å²) >= 11 is 0. The predicted molar refractivity (Wildman–Crippen MR) is 77.4 cm³/mol. The van der Waals surface area contributed by atoms with Gasteiger partial charge in [0.05, 0.1) is 6.10 Å². The lowest BCUT2D eigenvalue weighted by Crippen LogP contribution is -2.34. The summed E-state index contributed by atoms with van der Waals surface area (Å²) in [5.41, 5.74) is 1.18. The molecule has 0 bridgehead atoms. The minimum absolute atomic E-state index is 0. The van der Waals surface area contributed by atoms with Gasteiger partial charge in [0.25, 0.3) is 0 Å². The number of amides is 1. The molecule has 0 saturated carbocycles. The molecule has 1 aliphatic rings. The Bertz CT molecular complexity index is 386. The van der Waals surface area contributed by atoms with Gasteiger partial charge < -0.3 is 15.7 Å². The van der Waals surface area contributed by atoms with Crippen LogP contribution in [0.25, 0.3) is 0 Å². The fourth-order valence-electron chi connectivity index (χ4n) is 2.16. The van der Waals surface area contributed by atoms with Gasteiger partial charge in [0, 0.05) is 32.0 Å². The summed E-state index contributed by atoms with van der Waals surface area (Å²) in [6, 6.07) is 9.98. The third-order valence-corrected chi connectivity index (χ3v) is 3.35. The van der Waals surface area contributed by atoms with E-state index in [1.54, 1.807) is 0 Å². The summed E-state index contributed by atoms with van der Waals surface area (Å²) in [6.45, 7) is 1.96. The smallest absolute Gasteiger partial charge is 0.220 e. The molecule has 2 unspecified atom stereocenters. The first kappa shape index (κ1) is 16.0. The Balaban J connectivity index is 0.00000180. The van der Waals surface area contributed by atoms with Crippen molar-refractivity contribution in [1.29, 1.82) is 0 Å². The molecular formula is C14H21ClN2O2. The minimum Gasteiger partial charge on any atom is -0.391 e. The van der Waals surface area contributed by atoms with Crippen LogP contribution in [0.2, 0.25) is 0 Å². The average molecular weight is 285 g/mol. The van der Waals surface area contributed by atoms with Crippen molar-refractivity contribution in [3.63, 3.8) is 0 Å². The molecule has 0 aliphatic carbocycles. The van der Waals surface area contributed by atoms with Gasteiger partial charge in [0.1, 0.15) is 0 Å². The number of carbonyl (C=O) groups is 1. The zero-order valence-electron chi connectivity index (χ0n) is 10.8. The molecule has 1 heterocycles. The van der Waals surface area contributed by atoms with Crippen LogP contribution < -0.4 is 10.6 Å². The number of halogens is 1. The Kier molecular flexibility index (Phi) is 6.84. The van der Waals surface area contributed by atoms with E-state index in [-0.39, 0.29) is 30.3 Å². The van der Waals surface area contributed by atoms with Crippen LogP contribution in [0.5, 0.6) is 0 Å². The minimum atomic E-state index is -0.334. The molecule has 19 heavy (non-hydrogen) atoms. The van der Waals surface area contributed by atoms with Crippen LogP contribution in [-0.2, 0) is 11.2 Å². The van der Waals surface area contributed by atoms with Gasteiger partial charge in [-0.15, -0.1) is 12.4 Å². The predicted octanol–water partition coefficient (Wildman–Crippen LogP) is 0.737. The molecule has 2 atom stereocenters. The molecule has 1 amide bonds. The number of rotatable bonds is 5. The van der Waals surface area contributed by atoms with Gasteiger partial charge in [-0.2, -0.15) is 0 Å². The summed E-state index contributed by atoms with van der Waals surface area (Å²) in [5, 5.41) is 15.6. The van der Waals surface area contributed by atoms with Crippen LogP contribution >= 0.6 is 12.4 Å². The largest absolute Gasteiger partial charge is 0.391 e. The number of aliphatic hydroxyl groups is 1. The van der Waals surface area contributed by atoms with Gasteiger partial charge in [-0.05, 0) is 12.0 Å². The van der Waals surface area contributed by atoms with Crippen molar-refractivity contribution >= 4 is 18.3 Å². The van der Waals surface area contributed by atoms with Gasteiger partial charge in [-0.25, -0.2) is 0 Å². The molecule has 1 aromatic rings. The lowest BCUT2D eigenvalue weighted by atomic mass is 10.1. The van der Waals surface area contributed by atoms with Crippen LogP contribution in [0.3, 0.4) is 0 Å². The van der Waals surface area contributed by atoms with Crippen molar-refractivity contribution < 1.29 is 9.90 Å². The van der Waals surface area contributed by atoms with Crippen molar-refractivity contribution in [3.05, 3.63) is 35.9 Å². The van der Waals surface area contributed by atoms with E-state index in [1.807, 2.05) is 30.3 Å². The maximum Gasteiger partial charge on any atom is 0.220 e. The standard InChI is InChI=1S/C14H20N2O2.ClH/c17-13-10-15-8-12(13)9-16-14(18)7-6-11-4-2-1-3-5-11;/h1-5,12-13,15,17H,6-10H2,(H,16,18);1H. The molecule has 0 spiro atoms. The highest BCUT2D eigenvalue weighted by molar-refractivity contribution is 5.85. The Morgan fingerprint density at radius 1 is 1.32 bits per heavy atom. The number of aliphatic hydroxyl groups excluding tert-OH is 1. The molecule has 0 aromatic heterocycles. The fourth-order valence-corrected chi connectivity index (χ4v) is 2.16. The van der Waals surface area contributed by atoms with Gasteiger partial charge in [0.2, 0.25) is 5.91 Å². The van der Waals surface area contributed by atoms with Gasteiger partial charge in [-0.1, -0.05) is 30.3 Å². The van der Waals surface area contributed by atoms with E-state index in [2.05, 4.69) is 10.6 Å². The number of aryl methyl sites for hydroxylation is 1. The second kappa shape index (κ2) is 8.15. The highest BCUT2D eigenvalue weighted by atomic mass is 35.5. The van der Waals surface area contributed by atoms with Crippen LogP contribution in [0.1, 0.15) is 12.0 Å². The molecule has 106 valence electrons. The Morgan fingerprint density at radius 3 is 2.68 bits per heavy atom. The van der Waals surface area contributed by atoms with Crippen molar-refractivity contribution in [2.24, 2.45) is 5.92 Å². The lowest BCUT2D eigenvalue weighted by Gasteiger charge is -2.14. The zero-order chi connectivity index (χ0) is 12.8. The topological polar surface area (TPSA) is 61.4 Å². The normalized spacial score (nSPS) is 21.7. The molecule has 1 fully saturated rings. The van der Waals surface area contributed by atoms with E-state index in [1.165, 1.54) is 5.56 Å². The van der Waals surface area contributed by atoms with E-state index >= 15 is 0 Å². The molecule has 4 nitrogen and oxygen atoms in total. The van der Waals surface area contributed by atoms with Crippen LogP contribution in [0, 0.1) is 5.92 Å². The van der Waals surface area contributed by atoms with Crippen molar-refractivity contribution in [1.82, 2.24) is 10.6 Å². The molecule has 1 aromatic carbocycles. The third-order valence-electron chi connectivity index (χ3n) is 3.35. The SMILES string of the molecule is Cl.O=C(CCc1ccccc1)NCC1CNCC1O. The van der Waals surface area contributed by atoms with Crippen molar-refractivity contribution in [2.75, 3.05) is 19.6 Å². The molecule has 1 aliphatic heterocycles. The van der Waals surface area contributed by atoms with Crippen LogP contribution in [-0.4, -0.2) is 36.8 Å². The fraction of sp³-hybridized carbons (Fsp3) is 0.500. The Labute approximate surface area is 120 Å². The third kappa shape index (κ3) is 5.19. The van der Waals surface area contributed by atoms with E-state index in [9.17, 15) is 9.90 Å². The number of carbonyl (C=O) groups excluding carboxylic acids is 1. The van der Waals surface area contributed by atoms with E-state index in [0.29, 0.717) is 19.5 Å². The monoisotopic (exact) mass is 284 g/mol. The quantitative estimate of drug-likeness (QED) is 0.747. The summed E-state index contributed by atoms with van der Waals surface area (Å²) in [7, 11) is 0. The number of hydrogen-bond donors (Lipinski definition) is 3. The number of hydrogen-bond acceptors (Lipinski definition) is 3. The highest BCUT2D eigenvalue weighted by Gasteiger charge is 2.24. The molecular weight excluding hydrogens is 264 g/mol. The first-order valence-corrected chi connectivity index (χ1v) is 6.45. The molecule has 0 radical (unpaired) electrons. The molecule has 5 heteroatoms. The number of β-amino-alcohol motifs (C(OH)–C–C–N with tert-alkyl or cyclic N) is 1. The van der Waals surface area contributed by atoms with Gasteiger partial charge in [-0.3, -0.25) is 4.79 Å². The summed E-state index contributed by atoms with van der Waals surface area (Å²) < 4.78 is 0. The second-order valence-electron chi connectivity index (χ2n) is 4.78. The summed E-state index contributed by atoms with van der Waals surface area (Å²) in [5.74, 6) is 0.198. The summed E-state index contributed by atoms with van der Waals surface area (Å²) in [4.78, 5) is 11.7. The Hall–Kier alpha value is -1.10. The van der Waals surface area contributed by atoms with Crippen molar-refractivity contribution in [3.8, 4) is 0 Å². The molecule has 2 rings (SSSR count). The van der Waals surface area contributed by atoms with E-state index in [4.69, 9.17) is 0 Å². The van der Waals surface area contributed by atoms with Crippen LogP contribution in [0.4, 0.5) is 0 Å². The summed E-state index contributed by atoms with van der Waals surface area (Å²) in [6.07, 6.45) is 0.928. The highest BCUT2D eigenvalue weighted by Crippen LogP contribution is 2.07. The Morgan fingerprint density at radius 2 is 2.05 bits per heavy atom. The molecule has 3 N–H and O–H groups in total. The average Bonchev–Trinajstić information content (AvgIpc) is 2.81. The maximum atomic E-state index is 11.7. The first-order chi connectivity index (χ1) is 8.75. The lowest BCUT2D eigenvalue weighted by molar-refractivity contribution is -0.121. The second-order valence-corrected chi connectivity index (χ2v) is 4.78. The first-order valence-electron chi connectivity index (χ1n) is 6.45. The molecule has 1 saturated heterocycles. The van der Waals surface area contributed by atoms with E-state index in [0.717, 1.165) is 13.0 Å². The number of benzene rings is 1. The van der Waals surface area contributed by atoms with Crippen LogP contribution in [0.15, 0.2) is 30.3 Å². The number of nitrogens with one attached hydrogen (secondary N) is 2. The van der Waals surface area contributed by atoms with E-state index < -0.39 is 0 Å².